The molecule has 1 saturated carbocycles. The summed E-state index contributed by atoms with van der Waals surface area (Å²) in [5, 5.41) is 3.24. The molecule has 1 aromatic carbocycles. The molecule has 0 unspecified atom stereocenters. The summed E-state index contributed by atoms with van der Waals surface area (Å²) in [5.74, 6) is 0. The average molecular weight is 313 g/mol. The Balaban J connectivity index is 2.23. The lowest BCUT2D eigenvalue weighted by molar-refractivity contribution is 0.205. The maximum absolute atomic E-state index is 5.23. The van der Waals surface area contributed by atoms with Gasteiger partial charge in [0.1, 0.15) is 0 Å². The molecule has 0 aliphatic heterocycles. The smallest absolute Gasteiger partial charge is 0.0637 e. The van der Waals surface area contributed by atoms with Crippen LogP contribution < -0.4 is 10.2 Å². The minimum Gasteiger partial charge on any atom is -0.383 e. The zero-order chi connectivity index (χ0) is 13.0. The van der Waals surface area contributed by atoms with Crippen LogP contribution in [0.2, 0.25) is 0 Å². The quantitative estimate of drug-likeness (QED) is 0.838. The molecule has 1 aliphatic rings. The minimum atomic E-state index is 0.699. The van der Waals surface area contributed by atoms with Crippen molar-refractivity contribution in [3.8, 4) is 0 Å². The summed E-state index contributed by atoms with van der Waals surface area (Å²) in [6, 6.07) is 7.22. The molecule has 0 spiro atoms. The van der Waals surface area contributed by atoms with E-state index in [0.717, 1.165) is 24.2 Å². The Labute approximate surface area is 118 Å². The fourth-order valence-electron chi connectivity index (χ4n) is 2.22. The highest BCUT2D eigenvalue weighted by Gasteiger charge is 2.30. The molecule has 0 saturated heterocycles. The molecule has 0 aromatic heterocycles. The van der Waals surface area contributed by atoms with Gasteiger partial charge in [0.05, 0.1) is 6.61 Å². The molecule has 1 fully saturated rings. The Hall–Kier alpha value is -0.580. The summed E-state index contributed by atoms with van der Waals surface area (Å²) < 4.78 is 6.37. The Bertz CT molecular complexity index is 393. The van der Waals surface area contributed by atoms with Crippen LogP contribution in [0.3, 0.4) is 0 Å². The van der Waals surface area contributed by atoms with Crippen LogP contribution in [-0.4, -0.2) is 33.4 Å². The fourth-order valence-corrected chi connectivity index (χ4v) is 2.57. The zero-order valence-corrected chi connectivity index (χ0v) is 12.7. The standard InChI is InChI=1S/C14H21BrN2O/c1-16-10-11-3-4-12(15)9-14(11)17(7-8-18-2)13-5-6-13/h3-4,9,13,16H,5-8,10H2,1-2H3. The van der Waals surface area contributed by atoms with Gasteiger partial charge in [-0.05, 0) is 37.6 Å². The maximum atomic E-state index is 5.23. The van der Waals surface area contributed by atoms with E-state index >= 15 is 0 Å². The lowest BCUT2D eigenvalue weighted by Crippen LogP contribution is -2.30. The van der Waals surface area contributed by atoms with Gasteiger partial charge in [-0.2, -0.15) is 0 Å². The predicted molar refractivity (Wildman–Crippen MR) is 79.1 cm³/mol. The average Bonchev–Trinajstić information content (AvgIpc) is 3.17. The Kier molecular flexibility index (Phi) is 5.03. The normalized spacial score (nSPS) is 14.8. The van der Waals surface area contributed by atoms with Gasteiger partial charge in [-0.3, -0.25) is 0 Å². The zero-order valence-electron chi connectivity index (χ0n) is 11.1. The number of hydrogen-bond donors (Lipinski definition) is 1. The van der Waals surface area contributed by atoms with Gasteiger partial charge in [0.2, 0.25) is 0 Å². The highest BCUT2D eigenvalue weighted by molar-refractivity contribution is 9.10. The summed E-state index contributed by atoms with van der Waals surface area (Å²) >= 11 is 3.58. The maximum Gasteiger partial charge on any atom is 0.0637 e. The summed E-state index contributed by atoms with van der Waals surface area (Å²) in [5.41, 5.74) is 2.68. The summed E-state index contributed by atoms with van der Waals surface area (Å²) in [6.45, 7) is 2.65. The molecular weight excluding hydrogens is 292 g/mol. The molecule has 0 atom stereocenters. The Morgan fingerprint density at radius 1 is 1.44 bits per heavy atom. The van der Waals surface area contributed by atoms with Crippen molar-refractivity contribution in [3.05, 3.63) is 28.2 Å². The van der Waals surface area contributed by atoms with Crippen molar-refractivity contribution in [2.24, 2.45) is 0 Å². The molecule has 4 heteroatoms. The first kappa shape index (κ1) is 13.8. The fraction of sp³-hybridized carbons (Fsp3) is 0.571. The third kappa shape index (κ3) is 3.46. The molecule has 18 heavy (non-hydrogen) atoms. The van der Waals surface area contributed by atoms with E-state index < -0.39 is 0 Å². The first-order chi connectivity index (χ1) is 8.76. The first-order valence-electron chi connectivity index (χ1n) is 6.45. The molecule has 1 aromatic rings. The number of benzene rings is 1. The number of nitrogens with zero attached hydrogens (tertiary/aromatic N) is 1. The molecule has 0 bridgehead atoms. The Morgan fingerprint density at radius 3 is 2.83 bits per heavy atom. The van der Waals surface area contributed by atoms with E-state index in [9.17, 15) is 0 Å². The molecule has 0 amide bonds. The third-order valence-electron chi connectivity index (χ3n) is 3.25. The van der Waals surface area contributed by atoms with Crippen molar-refractivity contribution >= 4 is 21.6 Å². The second-order valence-corrected chi connectivity index (χ2v) is 5.64. The number of methoxy groups -OCH3 is 1. The van der Waals surface area contributed by atoms with Gasteiger partial charge >= 0.3 is 0 Å². The van der Waals surface area contributed by atoms with Gasteiger partial charge in [-0.25, -0.2) is 0 Å². The first-order valence-corrected chi connectivity index (χ1v) is 7.24. The van der Waals surface area contributed by atoms with E-state index in [2.05, 4.69) is 44.3 Å². The van der Waals surface area contributed by atoms with Crippen molar-refractivity contribution in [1.29, 1.82) is 0 Å². The van der Waals surface area contributed by atoms with Crippen LogP contribution in [0, 0.1) is 0 Å². The number of ether oxygens (including phenoxy) is 1. The SMILES string of the molecule is CNCc1ccc(Br)cc1N(CCOC)C1CC1. The molecule has 1 aliphatic carbocycles. The molecule has 0 heterocycles. The molecule has 3 nitrogen and oxygen atoms in total. The molecule has 100 valence electrons. The van der Waals surface area contributed by atoms with Crippen LogP contribution in [0.15, 0.2) is 22.7 Å². The topological polar surface area (TPSA) is 24.5 Å². The van der Waals surface area contributed by atoms with E-state index in [0.29, 0.717) is 6.04 Å². The van der Waals surface area contributed by atoms with Gasteiger partial charge in [0, 0.05) is 36.4 Å². The number of halogens is 1. The number of nitrogens with one attached hydrogen (secondary N) is 1. The monoisotopic (exact) mass is 312 g/mol. The highest BCUT2D eigenvalue weighted by Crippen LogP contribution is 2.34. The summed E-state index contributed by atoms with van der Waals surface area (Å²) in [7, 11) is 3.75. The number of hydrogen-bond acceptors (Lipinski definition) is 3. The van der Waals surface area contributed by atoms with Crippen LogP contribution in [-0.2, 0) is 11.3 Å². The van der Waals surface area contributed by atoms with Crippen molar-refractivity contribution in [1.82, 2.24) is 5.32 Å². The lowest BCUT2D eigenvalue weighted by atomic mass is 10.1. The van der Waals surface area contributed by atoms with E-state index in [1.807, 2.05) is 7.05 Å². The highest BCUT2D eigenvalue weighted by atomic mass is 79.9. The van der Waals surface area contributed by atoms with Gasteiger partial charge in [0.25, 0.3) is 0 Å². The van der Waals surface area contributed by atoms with E-state index in [-0.39, 0.29) is 0 Å². The van der Waals surface area contributed by atoms with Crippen molar-refractivity contribution < 1.29 is 4.74 Å². The third-order valence-corrected chi connectivity index (χ3v) is 3.74. The molecule has 1 N–H and O–H groups in total. The molecule has 2 rings (SSSR count). The largest absolute Gasteiger partial charge is 0.383 e. The second kappa shape index (κ2) is 6.55. The molecule has 0 radical (unpaired) electrons. The number of rotatable bonds is 7. The van der Waals surface area contributed by atoms with Crippen LogP contribution in [0.1, 0.15) is 18.4 Å². The van der Waals surface area contributed by atoms with Gasteiger partial charge in [-0.15, -0.1) is 0 Å². The summed E-state index contributed by atoms with van der Waals surface area (Å²) in [6.07, 6.45) is 2.60. The van der Waals surface area contributed by atoms with Gasteiger partial charge < -0.3 is 15.0 Å². The van der Waals surface area contributed by atoms with Gasteiger partial charge in [-0.1, -0.05) is 22.0 Å². The van der Waals surface area contributed by atoms with Crippen molar-refractivity contribution in [3.63, 3.8) is 0 Å². The van der Waals surface area contributed by atoms with Crippen LogP contribution in [0.4, 0.5) is 5.69 Å². The van der Waals surface area contributed by atoms with Gasteiger partial charge in [0.15, 0.2) is 0 Å². The van der Waals surface area contributed by atoms with E-state index in [1.165, 1.54) is 24.1 Å². The lowest BCUT2D eigenvalue weighted by Gasteiger charge is -2.27. The summed E-state index contributed by atoms with van der Waals surface area (Å²) in [4.78, 5) is 2.49. The molecular formula is C14H21BrN2O. The van der Waals surface area contributed by atoms with Crippen molar-refractivity contribution in [2.75, 3.05) is 32.2 Å². The second-order valence-electron chi connectivity index (χ2n) is 4.72. The predicted octanol–water partition coefficient (Wildman–Crippen LogP) is 2.78. The number of anilines is 1. The van der Waals surface area contributed by atoms with Crippen LogP contribution in [0.25, 0.3) is 0 Å². The van der Waals surface area contributed by atoms with Crippen LogP contribution in [0.5, 0.6) is 0 Å². The van der Waals surface area contributed by atoms with Crippen LogP contribution >= 0.6 is 15.9 Å². The minimum absolute atomic E-state index is 0.699. The van der Waals surface area contributed by atoms with E-state index in [1.54, 1.807) is 7.11 Å². The Morgan fingerprint density at radius 2 is 2.22 bits per heavy atom. The van der Waals surface area contributed by atoms with Crippen molar-refractivity contribution in [2.45, 2.75) is 25.4 Å². The van der Waals surface area contributed by atoms with E-state index in [4.69, 9.17) is 4.74 Å².